The monoisotopic (exact) mass is 656 g/mol. The van der Waals surface area contributed by atoms with Crippen LogP contribution in [0, 0.1) is 0 Å². The maximum absolute atomic E-state index is 2.58. The van der Waals surface area contributed by atoms with Gasteiger partial charge in [0.15, 0.2) is 0 Å². The Kier molecular flexibility index (Phi) is 7.29. The van der Waals surface area contributed by atoms with Gasteiger partial charge in [0.05, 0.1) is 0 Å². The van der Waals surface area contributed by atoms with E-state index in [-0.39, 0.29) is 17.5 Å². The van der Waals surface area contributed by atoms with Gasteiger partial charge in [-0.3, -0.25) is 0 Å². The highest BCUT2D eigenvalue weighted by Gasteiger charge is 2.46. The Labute approximate surface area is 302 Å². The lowest BCUT2D eigenvalue weighted by molar-refractivity contribution is 0.639. The van der Waals surface area contributed by atoms with E-state index < -0.39 is 0 Å². The third-order valence-corrected chi connectivity index (χ3v) is 11.4. The van der Waals surface area contributed by atoms with Gasteiger partial charge in [-0.25, -0.2) is 0 Å². The van der Waals surface area contributed by atoms with Gasteiger partial charge in [-0.2, -0.15) is 0 Å². The molecule has 0 saturated carbocycles. The molecule has 2 aliphatic rings. The second kappa shape index (κ2) is 11.9. The summed E-state index contributed by atoms with van der Waals surface area (Å²) in [7, 11) is 0. The highest BCUT2D eigenvalue weighted by atomic mass is 15.2. The van der Waals surface area contributed by atoms with Crippen LogP contribution in [0.2, 0.25) is 0 Å². The quantitative estimate of drug-likeness (QED) is 0.164. The van der Waals surface area contributed by atoms with E-state index >= 15 is 0 Å². The molecule has 0 atom stereocenters. The Morgan fingerprint density at radius 1 is 0.392 bits per heavy atom. The van der Waals surface area contributed by atoms with E-state index in [0.717, 1.165) is 11.4 Å². The van der Waals surface area contributed by atoms with Crippen molar-refractivity contribution in [3.63, 3.8) is 0 Å². The van der Waals surface area contributed by atoms with E-state index in [2.05, 4.69) is 213 Å². The van der Waals surface area contributed by atoms with Gasteiger partial charge in [-0.1, -0.05) is 161 Å². The minimum absolute atomic E-state index is 0.0570. The first-order valence-electron chi connectivity index (χ1n) is 18.1. The molecule has 246 valence electrons. The predicted molar refractivity (Wildman–Crippen MR) is 218 cm³/mol. The van der Waals surface area contributed by atoms with Crippen LogP contribution in [-0.4, -0.2) is 6.71 Å². The fourth-order valence-corrected chi connectivity index (χ4v) is 8.59. The van der Waals surface area contributed by atoms with Crippen LogP contribution < -0.4 is 26.2 Å². The molecule has 0 bridgehead atoms. The van der Waals surface area contributed by atoms with Crippen LogP contribution in [-0.2, 0) is 10.8 Å². The van der Waals surface area contributed by atoms with Crippen molar-refractivity contribution in [2.75, 3.05) is 9.80 Å². The molecule has 0 spiro atoms. The summed E-state index contributed by atoms with van der Waals surface area (Å²) in [6, 6.07) is 64.9. The van der Waals surface area contributed by atoms with Crippen LogP contribution >= 0.6 is 0 Å². The molecule has 0 aliphatic carbocycles. The average molecular weight is 657 g/mol. The van der Waals surface area contributed by atoms with E-state index in [9.17, 15) is 0 Å². The molecule has 0 radical (unpaired) electrons. The molecule has 51 heavy (non-hydrogen) atoms. The highest BCUT2D eigenvalue weighted by molar-refractivity contribution is 7.00. The molecule has 0 unspecified atom stereocenters. The Morgan fingerprint density at radius 3 is 1.47 bits per heavy atom. The number of hydrogen-bond acceptors (Lipinski definition) is 2. The Balaban J connectivity index is 1.42. The number of nitrogens with zero attached hydrogens (tertiary/aromatic N) is 2. The normalized spacial score (nSPS) is 13.4. The summed E-state index contributed by atoms with van der Waals surface area (Å²) in [5, 5.41) is 0. The number of hydrogen-bond donors (Lipinski definition) is 0. The predicted octanol–water partition coefficient (Wildman–Crippen LogP) is 10.4. The van der Waals surface area contributed by atoms with Crippen LogP contribution in [0.25, 0.3) is 0 Å². The summed E-state index contributed by atoms with van der Waals surface area (Å²) in [5.41, 5.74) is 16.0. The van der Waals surface area contributed by atoms with Crippen LogP contribution in [0.5, 0.6) is 0 Å². The molecular formula is C48H41BN2. The van der Waals surface area contributed by atoms with Crippen LogP contribution in [0.1, 0.15) is 49.9 Å². The Morgan fingerprint density at radius 2 is 0.863 bits per heavy atom. The molecule has 2 aliphatic heterocycles. The van der Waals surface area contributed by atoms with Gasteiger partial charge in [0.1, 0.15) is 0 Å². The molecule has 0 aromatic heterocycles. The first-order valence-corrected chi connectivity index (χ1v) is 18.1. The number of anilines is 6. The maximum atomic E-state index is 2.58. The lowest BCUT2D eigenvalue weighted by Gasteiger charge is -2.47. The summed E-state index contributed by atoms with van der Waals surface area (Å²) in [4.78, 5) is 5.08. The van der Waals surface area contributed by atoms with Crippen molar-refractivity contribution in [3.8, 4) is 0 Å². The van der Waals surface area contributed by atoms with Crippen LogP contribution in [0.4, 0.5) is 34.1 Å². The maximum Gasteiger partial charge on any atom is 0.252 e. The van der Waals surface area contributed by atoms with Gasteiger partial charge in [0, 0.05) is 45.0 Å². The van der Waals surface area contributed by atoms with Crippen molar-refractivity contribution >= 4 is 57.2 Å². The average Bonchev–Trinajstić information content (AvgIpc) is 3.18. The van der Waals surface area contributed by atoms with E-state index in [1.165, 1.54) is 61.4 Å². The standard InChI is InChI=1S/C48H41BN2/c1-47(2,34-20-9-5-10-21-34)36-32-43-45-44(33-36)51(38-26-15-8-16-27-38)46-39(48(3,4)35-22-11-6-12-23-35)28-19-30-41(46)49(45)40-29-17-18-31-42(40)50(43)37-24-13-7-14-25-37/h5-33H,1-4H3. The summed E-state index contributed by atoms with van der Waals surface area (Å²) in [5.74, 6) is 0. The Hall–Kier alpha value is -5.80. The van der Waals surface area contributed by atoms with Crippen molar-refractivity contribution in [1.82, 2.24) is 0 Å². The molecule has 2 nitrogen and oxygen atoms in total. The third kappa shape index (κ3) is 4.87. The van der Waals surface area contributed by atoms with Crippen molar-refractivity contribution < 1.29 is 0 Å². The molecule has 0 saturated heterocycles. The summed E-state index contributed by atoms with van der Waals surface area (Å²) < 4.78 is 0. The fourth-order valence-electron chi connectivity index (χ4n) is 8.59. The molecule has 3 heteroatoms. The number of para-hydroxylation sites is 4. The lowest BCUT2D eigenvalue weighted by atomic mass is 9.33. The molecule has 0 amide bonds. The minimum atomic E-state index is -0.259. The molecule has 7 aromatic carbocycles. The smallest absolute Gasteiger partial charge is 0.252 e. The zero-order chi connectivity index (χ0) is 34.7. The summed E-state index contributed by atoms with van der Waals surface area (Å²) >= 11 is 0. The first-order chi connectivity index (χ1) is 24.9. The van der Waals surface area contributed by atoms with Crippen molar-refractivity contribution in [1.29, 1.82) is 0 Å². The van der Waals surface area contributed by atoms with E-state index in [0.29, 0.717) is 0 Å². The topological polar surface area (TPSA) is 6.48 Å². The van der Waals surface area contributed by atoms with E-state index in [4.69, 9.17) is 0 Å². The van der Waals surface area contributed by atoms with Crippen LogP contribution in [0.3, 0.4) is 0 Å². The van der Waals surface area contributed by atoms with Gasteiger partial charge < -0.3 is 9.80 Å². The zero-order valence-electron chi connectivity index (χ0n) is 29.7. The van der Waals surface area contributed by atoms with Gasteiger partial charge >= 0.3 is 0 Å². The number of rotatable bonds is 6. The Bertz CT molecular complexity index is 2370. The number of fused-ring (bicyclic) bond motifs is 4. The number of benzene rings is 7. The minimum Gasteiger partial charge on any atom is -0.311 e. The van der Waals surface area contributed by atoms with Crippen molar-refractivity contribution in [2.24, 2.45) is 0 Å². The van der Waals surface area contributed by atoms with Gasteiger partial charge in [0.25, 0.3) is 6.71 Å². The summed E-state index contributed by atoms with van der Waals surface area (Å²) in [6.45, 7) is 9.55. The fraction of sp³-hybridized carbons (Fsp3) is 0.125. The lowest BCUT2D eigenvalue weighted by Crippen LogP contribution is -2.62. The highest BCUT2D eigenvalue weighted by Crippen LogP contribution is 2.49. The summed E-state index contributed by atoms with van der Waals surface area (Å²) in [6.07, 6.45) is 0. The van der Waals surface area contributed by atoms with Crippen molar-refractivity contribution in [3.05, 3.63) is 198 Å². The SMILES string of the molecule is CC(C)(c1ccccc1)c1cc2c3c(c1)N(c1ccccc1)c1c(cccc1C(C)(C)c1ccccc1)B3c1ccccc1N2c1ccccc1. The van der Waals surface area contributed by atoms with E-state index in [1.54, 1.807) is 0 Å². The molecule has 7 aromatic rings. The second-order valence-electron chi connectivity index (χ2n) is 15.0. The largest absolute Gasteiger partial charge is 0.311 e. The van der Waals surface area contributed by atoms with Gasteiger partial charge in [0.2, 0.25) is 0 Å². The van der Waals surface area contributed by atoms with Gasteiger partial charge in [-0.05, 0) is 81.1 Å². The second-order valence-corrected chi connectivity index (χ2v) is 15.0. The van der Waals surface area contributed by atoms with E-state index in [1.807, 2.05) is 0 Å². The first kappa shape index (κ1) is 31.2. The molecule has 9 rings (SSSR count). The van der Waals surface area contributed by atoms with Gasteiger partial charge in [-0.15, -0.1) is 0 Å². The molecule has 0 fully saturated rings. The van der Waals surface area contributed by atoms with Crippen molar-refractivity contribution in [2.45, 2.75) is 38.5 Å². The van der Waals surface area contributed by atoms with Crippen LogP contribution in [0.15, 0.2) is 176 Å². The molecular weight excluding hydrogens is 615 g/mol. The zero-order valence-corrected chi connectivity index (χ0v) is 29.7. The molecule has 0 N–H and O–H groups in total. The third-order valence-electron chi connectivity index (χ3n) is 11.4. The molecule has 2 heterocycles.